The van der Waals surface area contributed by atoms with Crippen LogP contribution < -0.4 is 11.1 Å². The standard InChI is InChI=1S/C20H26N6O6/c21-8-20(9-30-11-23-7-15(27)31-12-3-1-2-4-12)18(29)16(28)17(32-20)13-5-6-14-19(22)24-10-25-26(13)14/h5-6,10,12,16-18,23,28-29H,1-4,7,9,11H2,(H2,22,24,25)/t16-,17-,18-,20+/m0/s1. The summed E-state index contributed by atoms with van der Waals surface area (Å²) in [4.78, 5) is 15.7. The number of aliphatic hydroxyl groups is 2. The third-order valence-electron chi connectivity index (χ3n) is 5.83. The molecule has 1 saturated heterocycles. The third kappa shape index (κ3) is 4.25. The lowest BCUT2D eigenvalue weighted by molar-refractivity contribution is -0.148. The number of carbonyl (C=O) groups is 1. The fourth-order valence-electron chi connectivity index (χ4n) is 4.14. The van der Waals surface area contributed by atoms with Crippen molar-refractivity contribution < 1.29 is 29.2 Å². The van der Waals surface area contributed by atoms with Crippen LogP contribution in [0.3, 0.4) is 0 Å². The van der Waals surface area contributed by atoms with Gasteiger partial charge in [-0.05, 0) is 37.8 Å². The summed E-state index contributed by atoms with van der Waals surface area (Å²) in [6.07, 6.45) is 1.18. The van der Waals surface area contributed by atoms with E-state index in [9.17, 15) is 20.3 Å². The first-order valence-corrected chi connectivity index (χ1v) is 10.5. The Bertz CT molecular complexity index is 1000. The fourth-order valence-corrected chi connectivity index (χ4v) is 4.14. The molecule has 12 nitrogen and oxygen atoms in total. The molecule has 0 unspecified atom stereocenters. The van der Waals surface area contributed by atoms with Gasteiger partial charge in [-0.3, -0.25) is 10.1 Å². The van der Waals surface area contributed by atoms with Gasteiger partial charge in [0.05, 0.1) is 25.6 Å². The van der Waals surface area contributed by atoms with Crippen molar-refractivity contribution in [2.45, 2.75) is 55.7 Å². The summed E-state index contributed by atoms with van der Waals surface area (Å²) in [6, 6.07) is 5.20. The topological polar surface area (TPSA) is 177 Å². The molecule has 1 saturated carbocycles. The van der Waals surface area contributed by atoms with E-state index in [2.05, 4.69) is 15.4 Å². The maximum absolute atomic E-state index is 11.8. The smallest absolute Gasteiger partial charge is 0.320 e. The Morgan fingerprint density at radius 1 is 1.41 bits per heavy atom. The normalized spacial score (nSPS) is 28.2. The number of hydrogen-bond acceptors (Lipinski definition) is 11. The number of carbonyl (C=O) groups excluding carboxylic acids is 1. The molecule has 1 aliphatic heterocycles. The number of nitrogens with two attached hydrogens (primary N) is 1. The number of aliphatic hydroxyl groups excluding tert-OH is 2. The van der Waals surface area contributed by atoms with Gasteiger partial charge in [-0.1, -0.05) is 0 Å². The molecule has 3 heterocycles. The summed E-state index contributed by atoms with van der Waals surface area (Å²) < 4.78 is 18.0. The molecular formula is C20H26N6O6. The fraction of sp³-hybridized carbons (Fsp3) is 0.600. The molecule has 5 N–H and O–H groups in total. The minimum Gasteiger partial charge on any atom is -0.461 e. The van der Waals surface area contributed by atoms with Crippen molar-refractivity contribution >= 4 is 17.3 Å². The molecule has 2 aromatic rings. The highest BCUT2D eigenvalue weighted by atomic mass is 16.6. The van der Waals surface area contributed by atoms with Crippen LogP contribution in [0.1, 0.15) is 37.5 Å². The Kier molecular flexibility index (Phi) is 6.54. The van der Waals surface area contributed by atoms with Crippen LogP contribution in [0.15, 0.2) is 18.5 Å². The minimum atomic E-state index is -1.81. The Hall–Kier alpha value is -2.82. The second kappa shape index (κ2) is 9.35. The van der Waals surface area contributed by atoms with Gasteiger partial charge in [-0.15, -0.1) is 0 Å². The lowest BCUT2D eigenvalue weighted by Crippen LogP contribution is -2.46. The number of rotatable bonds is 8. The van der Waals surface area contributed by atoms with Crippen molar-refractivity contribution in [3.8, 4) is 6.07 Å². The second-order valence-electron chi connectivity index (χ2n) is 7.99. The van der Waals surface area contributed by atoms with E-state index in [0.717, 1.165) is 25.7 Å². The van der Waals surface area contributed by atoms with E-state index < -0.39 is 23.9 Å². The van der Waals surface area contributed by atoms with Gasteiger partial charge in [-0.2, -0.15) is 10.4 Å². The van der Waals surface area contributed by atoms with Crippen LogP contribution in [0, 0.1) is 11.3 Å². The van der Waals surface area contributed by atoms with E-state index in [1.165, 1.54) is 10.8 Å². The number of ether oxygens (including phenoxy) is 3. The van der Waals surface area contributed by atoms with Gasteiger partial charge in [0, 0.05) is 0 Å². The first-order chi connectivity index (χ1) is 15.4. The molecule has 0 amide bonds. The zero-order valence-electron chi connectivity index (χ0n) is 17.4. The van der Waals surface area contributed by atoms with Gasteiger partial charge < -0.3 is 30.2 Å². The predicted molar refractivity (Wildman–Crippen MR) is 109 cm³/mol. The average Bonchev–Trinajstić information content (AvgIpc) is 3.50. The largest absolute Gasteiger partial charge is 0.461 e. The minimum absolute atomic E-state index is 0.0155. The van der Waals surface area contributed by atoms with Crippen LogP contribution in [0.25, 0.3) is 5.52 Å². The molecule has 172 valence electrons. The van der Waals surface area contributed by atoms with Crippen LogP contribution in [0.5, 0.6) is 0 Å². The van der Waals surface area contributed by atoms with Crippen molar-refractivity contribution in [2.24, 2.45) is 0 Å². The molecule has 1 aliphatic carbocycles. The van der Waals surface area contributed by atoms with Crippen molar-refractivity contribution in [1.82, 2.24) is 19.9 Å². The number of anilines is 1. The van der Waals surface area contributed by atoms with Crippen molar-refractivity contribution in [2.75, 3.05) is 25.6 Å². The molecule has 32 heavy (non-hydrogen) atoms. The summed E-state index contributed by atoms with van der Waals surface area (Å²) in [6.45, 7) is -0.441. The van der Waals surface area contributed by atoms with E-state index in [4.69, 9.17) is 19.9 Å². The molecule has 4 rings (SSSR count). The molecule has 2 aliphatic rings. The first-order valence-electron chi connectivity index (χ1n) is 10.5. The molecule has 2 fully saturated rings. The van der Waals surface area contributed by atoms with Crippen LogP contribution >= 0.6 is 0 Å². The lowest BCUT2D eigenvalue weighted by atomic mass is 9.96. The number of nitrogens with one attached hydrogen (secondary N) is 1. The van der Waals surface area contributed by atoms with Gasteiger partial charge in [0.1, 0.15) is 42.3 Å². The maximum atomic E-state index is 11.8. The number of nitrogens with zero attached hydrogens (tertiary/aromatic N) is 4. The van der Waals surface area contributed by atoms with E-state index >= 15 is 0 Å². The Morgan fingerprint density at radius 2 is 2.19 bits per heavy atom. The monoisotopic (exact) mass is 446 g/mol. The zero-order valence-corrected chi connectivity index (χ0v) is 17.4. The molecule has 0 spiro atoms. The maximum Gasteiger partial charge on any atom is 0.320 e. The van der Waals surface area contributed by atoms with Crippen molar-refractivity contribution in [3.05, 3.63) is 24.2 Å². The summed E-state index contributed by atoms with van der Waals surface area (Å²) in [5.74, 6) is -0.129. The number of nitriles is 1. The summed E-state index contributed by atoms with van der Waals surface area (Å²) >= 11 is 0. The van der Waals surface area contributed by atoms with Crippen molar-refractivity contribution in [3.63, 3.8) is 0 Å². The summed E-state index contributed by atoms with van der Waals surface area (Å²) in [5, 5.41) is 37.8. The highest BCUT2D eigenvalue weighted by Gasteiger charge is 2.56. The van der Waals surface area contributed by atoms with Crippen LogP contribution in [0.2, 0.25) is 0 Å². The van der Waals surface area contributed by atoms with Gasteiger partial charge >= 0.3 is 5.97 Å². The molecule has 0 aromatic carbocycles. The predicted octanol–water partition coefficient (Wildman–Crippen LogP) is -0.584. The highest BCUT2D eigenvalue weighted by Crippen LogP contribution is 2.40. The second-order valence-corrected chi connectivity index (χ2v) is 7.99. The average molecular weight is 446 g/mol. The third-order valence-corrected chi connectivity index (χ3v) is 5.83. The number of hydrogen-bond donors (Lipinski definition) is 4. The Morgan fingerprint density at radius 3 is 2.94 bits per heavy atom. The molecule has 4 atom stereocenters. The molecule has 0 radical (unpaired) electrons. The van der Waals surface area contributed by atoms with E-state index in [0.29, 0.717) is 11.2 Å². The van der Waals surface area contributed by atoms with Gasteiger partial charge in [0.25, 0.3) is 0 Å². The Balaban J connectivity index is 1.34. The van der Waals surface area contributed by atoms with Gasteiger partial charge in [-0.25, -0.2) is 9.50 Å². The number of nitrogen functional groups attached to an aromatic ring is 1. The molecule has 12 heteroatoms. The van der Waals surface area contributed by atoms with E-state index in [1.807, 2.05) is 6.07 Å². The number of esters is 1. The quantitative estimate of drug-likeness (QED) is 0.232. The van der Waals surface area contributed by atoms with Gasteiger partial charge in [0.2, 0.25) is 5.60 Å². The Labute approximate surface area is 183 Å². The number of fused-ring (bicyclic) bond motifs is 1. The van der Waals surface area contributed by atoms with Crippen LogP contribution in [-0.2, 0) is 19.0 Å². The molecule has 2 aromatic heterocycles. The van der Waals surface area contributed by atoms with Crippen LogP contribution in [-0.4, -0.2) is 74.6 Å². The lowest BCUT2D eigenvalue weighted by Gasteiger charge is -2.24. The van der Waals surface area contributed by atoms with Gasteiger partial charge in [0.15, 0.2) is 5.82 Å². The van der Waals surface area contributed by atoms with E-state index in [-0.39, 0.29) is 37.8 Å². The number of aromatic nitrogens is 3. The summed E-state index contributed by atoms with van der Waals surface area (Å²) in [5.41, 5.74) is 4.94. The highest BCUT2D eigenvalue weighted by molar-refractivity contribution is 5.71. The molecular weight excluding hydrogens is 420 g/mol. The molecule has 0 bridgehead atoms. The van der Waals surface area contributed by atoms with Crippen LogP contribution in [0.4, 0.5) is 5.82 Å². The summed E-state index contributed by atoms with van der Waals surface area (Å²) in [7, 11) is 0. The SMILES string of the molecule is N#C[C@]1(COCNCC(=O)OC2CCCC2)O[C@@H](c2ccc3c(N)ncnn23)[C@H](O)[C@@H]1O. The first kappa shape index (κ1) is 22.4. The zero-order chi connectivity index (χ0) is 22.7. The van der Waals surface area contributed by atoms with E-state index in [1.54, 1.807) is 12.1 Å². The van der Waals surface area contributed by atoms with Crippen molar-refractivity contribution in [1.29, 1.82) is 5.26 Å².